The van der Waals surface area contributed by atoms with Crippen molar-refractivity contribution in [3.05, 3.63) is 36.2 Å². The van der Waals surface area contributed by atoms with E-state index in [2.05, 4.69) is 5.10 Å². The minimum Gasteiger partial charge on any atom is -0.392 e. The summed E-state index contributed by atoms with van der Waals surface area (Å²) in [5.41, 5.74) is 1.93. The fourth-order valence-corrected chi connectivity index (χ4v) is 1.07. The van der Waals surface area contributed by atoms with E-state index in [9.17, 15) is 0 Å². The van der Waals surface area contributed by atoms with Gasteiger partial charge >= 0.3 is 0 Å². The molecule has 0 aliphatic rings. The van der Waals surface area contributed by atoms with Gasteiger partial charge in [-0.2, -0.15) is 5.10 Å². The third kappa shape index (κ3) is 0.991. The molecular formula is C8H8N2O. The summed E-state index contributed by atoms with van der Waals surface area (Å²) in [6, 6.07) is 5.66. The number of aliphatic hydroxyl groups excluding tert-OH is 1. The number of hydrogen-bond acceptors (Lipinski definition) is 2. The molecule has 3 heteroatoms. The maximum absolute atomic E-state index is 8.80. The van der Waals surface area contributed by atoms with Gasteiger partial charge in [0.1, 0.15) is 0 Å². The predicted octanol–water partition coefficient (Wildman–Crippen LogP) is 0.827. The molecule has 0 aromatic carbocycles. The van der Waals surface area contributed by atoms with E-state index in [1.54, 1.807) is 10.7 Å². The van der Waals surface area contributed by atoms with Crippen LogP contribution >= 0.6 is 0 Å². The van der Waals surface area contributed by atoms with E-state index in [0.717, 1.165) is 11.1 Å². The zero-order chi connectivity index (χ0) is 7.68. The Balaban J connectivity index is 2.67. The van der Waals surface area contributed by atoms with Crippen molar-refractivity contribution >= 4 is 5.52 Å². The Morgan fingerprint density at radius 2 is 2.36 bits per heavy atom. The van der Waals surface area contributed by atoms with Gasteiger partial charge in [-0.1, -0.05) is 0 Å². The SMILES string of the molecule is OCc1ccn2nccc2c1. The second kappa shape index (κ2) is 2.36. The molecule has 2 rings (SSSR count). The number of fused-ring (bicyclic) bond motifs is 1. The van der Waals surface area contributed by atoms with Crippen LogP contribution in [0.15, 0.2) is 30.6 Å². The van der Waals surface area contributed by atoms with Crippen molar-refractivity contribution < 1.29 is 5.11 Å². The number of nitrogens with zero attached hydrogens (tertiary/aromatic N) is 2. The fourth-order valence-electron chi connectivity index (χ4n) is 1.07. The Hall–Kier alpha value is -1.35. The number of hydrogen-bond donors (Lipinski definition) is 1. The van der Waals surface area contributed by atoms with E-state index in [4.69, 9.17) is 5.11 Å². The van der Waals surface area contributed by atoms with Crippen LogP contribution in [-0.2, 0) is 6.61 Å². The van der Waals surface area contributed by atoms with Gasteiger partial charge in [-0.25, -0.2) is 4.52 Å². The van der Waals surface area contributed by atoms with Crippen molar-refractivity contribution in [1.82, 2.24) is 9.61 Å². The highest BCUT2D eigenvalue weighted by atomic mass is 16.3. The van der Waals surface area contributed by atoms with Crippen molar-refractivity contribution in [3.8, 4) is 0 Å². The van der Waals surface area contributed by atoms with E-state index < -0.39 is 0 Å². The van der Waals surface area contributed by atoms with Crippen LogP contribution in [0.5, 0.6) is 0 Å². The number of rotatable bonds is 1. The second-order valence-corrected chi connectivity index (χ2v) is 2.39. The highest BCUT2D eigenvalue weighted by Gasteiger charge is 1.93. The Bertz CT molecular complexity index is 367. The molecule has 2 heterocycles. The lowest BCUT2D eigenvalue weighted by Gasteiger charge is -1.95. The summed E-state index contributed by atoms with van der Waals surface area (Å²) in [6.45, 7) is 0.0850. The standard InChI is InChI=1S/C8H8N2O/c11-6-7-2-4-10-8(5-7)1-3-9-10/h1-5,11H,6H2. The van der Waals surface area contributed by atoms with Crippen LogP contribution in [0, 0.1) is 0 Å². The van der Waals surface area contributed by atoms with Gasteiger partial charge in [0.2, 0.25) is 0 Å². The first-order valence-electron chi connectivity index (χ1n) is 3.43. The normalized spacial score (nSPS) is 10.6. The molecule has 0 radical (unpaired) electrons. The lowest BCUT2D eigenvalue weighted by atomic mass is 10.2. The first-order valence-corrected chi connectivity index (χ1v) is 3.43. The van der Waals surface area contributed by atoms with Crippen LogP contribution in [0.3, 0.4) is 0 Å². The maximum atomic E-state index is 8.80. The third-order valence-electron chi connectivity index (χ3n) is 1.65. The molecule has 0 atom stereocenters. The number of aromatic nitrogens is 2. The molecule has 0 aliphatic carbocycles. The largest absolute Gasteiger partial charge is 0.392 e. The van der Waals surface area contributed by atoms with Gasteiger partial charge in [0.25, 0.3) is 0 Å². The zero-order valence-corrected chi connectivity index (χ0v) is 5.94. The first kappa shape index (κ1) is 6.37. The van der Waals surface area contributed by atoms with E-state index >= 15 is 0 Å². The number of pyridine rings is 1. The fraction of sp³-hybridized carbons (Fsp3) is 0.125. The van der Waals surface area contributed by atoms with E-state index in [1.165, 1.54) is 0 Å². The summed E-state index contributed by atoms with van der Waals surface area (Å²) >= 11 is 0. The Morgan fingerprint density at radius 3 is 3.18 bits per heavy atom. The Kier molecular flexibility index (Phi) is 1.36. The lowest BCUT2D eigenvalue weighted by molar-refractivity contribution is 0.282. The Labute approximate surface area is 63.9 Å². The van der Waals surface area contributed by atoms with E-state index in [1.807, 2.05) is 24.4 Å². The van der Waals surface area contributed by atoms with Gasteiger partial charge in [-0.3, -0.25) is 0 Å². The quantitative estimate of drug-likeness (QED) is 0.650. The van der Waals surface area contributed by atoms with Crippen LogP contribution in [-0.4, -0.2) is 14.7 Å². The topological polar surface area (TPSA) is 37.5 Å². The van der Waals surface area contributed by atoms with Crippen molar-refractivity contribution in [3.63, 3.8) is 0 Å². The molecule has 1 N–H and O–H groups in total. The molecule has 0 aliphatic heterocycles. The monoisotopic (exact) mass is 148 g/mol. The van der Waals surface area contributed by atoms with E-state index in [0.29, 0.717) is 0 Å². The van der Waals surface area contributed by atoms with Crippen molar-refractivity contribution in [2.75, 3.05) is 0 Å². The zero-order valence-electron chi connectivity index (χ0n) is 5.94. The smallest absolute Gasteiger partial charge is 0.0683 e. The van der Waals surface area contributed by atoms with Gasteiger partial charge in [0.15, 0.2) is 0 Å². The van der Waals surface area contributed by atoms with Crippen LogP contribution in [0.1, 0.15) is 5.56 Å². The summed E-state index contributed by atoms with van der Waals surface area (Å²) in [7, 11) is 0. The van der Waals surface area contributed by atoms with Crippen LogP contribution in [0.4, 0.5) is 0 Å². The third-order valence-corrected chi connectivity index (χ3v) is 1.65. The summed E-state index contributed by atoms with van der Waals surface area (Å²) in [4.78, 5) is 0. The summed E-state index contributed by atoms with van der Waals surface area (Å²) < 4.78 is 1.76. The molecule has 0 bridgehead atoms. The molecule has 0 unspecified atom stereocenters. The minimum absolute atomic E-state index is 0.0850. The van der Waals surface area contributed by atoms with Crippen molar-refractivity contribution in [2.24, 2.45) is 0 Å². The average Bonchev–Trinajstić information content (AvgIpc) is 2.50. The summed E-state index contributed by atoms with van der Waals surface area (Å²) in [5.74, 6) is 0. The van der Waals surface area contributed by atoms with Crippen LogP contribution < -0.4 is 0 Å². The lowest BCUT2D eigenvalue weighted by Crippen LogP contribution is -1.88. The molecule has 0 amide bonds. The Morgan fingerprint density at radius 1 is 1.45 bits per heavy atom. The van der Waals surface area contributed by atoms with Gasteiger partial charge in [0.05, 0.1) is 12.1 Å². The summed E-state index contributed by atoms with van der Waals surface area (Å²) in [6.07, 6.45) is 3.57. The molecule has 0 saturated carbocycles. The molecule has 11 heavy (non-hydrogen) atoms. The van der Waals surface area contributed by atoms with Crippen molar-refractivity contribution in [2.45, 2.75) is 6.61 Å². The van der Waals surface area contributed by atoms with E-state index in [-0.39, 0.29) is 6.61 Å². The molecule has 0 saturated heterocycles. The average molecular weight is 148 g/mol. The molecule has 2 aromatic rings. The highest BCUT2D eigenvalue weighted by Crippen LogP contribution is 2.05. The van der Waals surface area contributed by atoms with Gasteiger partial charge in [-0.15, -0.1) is 0 Å². The van der Waals surface area contributed by atoms with Crippen LogP contribution in [0.25, 0.3) is 5.52 Å². The molecular weight excluding hydrogens is 140 g/mol. The van der Waals surface area contributed by atoms with Crippen LogP contribution in [0.2, 0.25) is 0 Å². The second-order valence-electron chi connectivity index (χ2n) is 2.39. The van der Waals surface area contributed by atoms with Gasteiger partial charge in [-0.05, 0) is 23.8 Å². The highest BCUT2D eigenvalue weighted by molar-refractivity contribution is 5.47. The molecule has 0 fully saturated rings. The molecule has 3 nitrogen and oxygen atoms in total. The first-order chi connectivity index (χ1) is 5.40. The number of aliphatic hydroxyl groups is 1. The molecule has 0 spiro atoms. The predicted molar refractivity (Wildman–Crippen MR) is 41.1 cm³/mol. The summed E-state index contributed by atoms with van der Waals surface area (Å²) in [5, 5.41) is 12.8. The molecule has 2 aromatic heterocycles. The van der Waals surface area contributed by atoms with Crippen molar-refractivity contribution in [1.29, 1.82) is 0 Å². The van der Waals surface area contributed by atoms with Gasteiger partial charge in [0, 0.05) is 12.4 Å². The molecule has 56 valence electrons. The minimum atomic E-state index is 0.0850. The van der Waals surface area contributed by atoms with Gasteiger partial charge < -0.3 is 5.11 Å². The maximum Gasteiger partial charge on any atom is 0.0683 e.